The van der Waals surface area contributed by atoms with Crippen LogP contribution in [0, 0.1) is 13.8 Å². The van der Waals surface area contributed by atoms with Gasteiger partial charge in [-0.2, -0.15) is 5.10 Å². The van der Waals surface area contributed by atoms with Crippen molar-refractivity contribution in [1.82, 2.24) is 19.7 Å². The van der Waals surface area contributed by atoms with E-state index in [2.05, 4.69) is 10.1 Å². The third-order valence-electron chi connectivity index (χ3n) is 3.77. The Morgan fingerprint density at radius 1 is 1.45 bits per heavy atom. The van der Waals surface area contributed by atoms with Crippen LogP contribution in [0.2, 0.25) is 0 Å². The third-order valence-corrected chi connectivity index (χ3v) is 4.73. The molecule has 6 heteroatoms. The molecule has 0 saturated carbocycles. The topological polar surface area (TPSA) is 51.0 Å². The van der Waals surface area contributed by atoms with Crippen molar-refractivity contribution in [3.8, 4) is 0 Å². The summed E-state index contributed by atoms with van der Waals surface area (Å²) in [5, 5.41) is 4.20. The lowest BCUT2D eigenvalue weighted by Gasteiger charge is -2.32. The summed E-state index contributed by atoms with van der Waals surface area (Å²) >= 11 is 1.69. The van der Waals surface area contributed by atoms with Gasteiger partial charge in [-0.25, -0.2) is 9.67 Å². The largest absolute Gasteiger partial charge is 0.336 e. The SMILES string of the molecule is Cc1cc(C(=O)N2CCC[C@H](n3cncn3)C2)c(C)s1. The van der Waals surface area contributed by atoms with Crippen molar-refractivity contribution in [3.63, 3.8) is 0 Å². The van der Waals surface area contributed by atoms with Crippen molar-refractivity contribution in [2.75, 3.05) is 13.1 Å². The first kappa shape index (κ1) is 13.3. The number of aryl methyl sites for hydroxylation is 2. The van der Waals surface area contributed by atoms with Crippen LogP contribution >= 0.6 is 11.3 Å². The molecule has 0 unspecified atom stereocenters. The standard InChI is InChI=1S/C14H18N4OS/c1-10-6-13(11(2)20-10)14(19)17-5-3-4-12(7-17)18-9-15-8-16-18/h6,8-9,12H,3-5,7H2,1-2H3/t12-/m0/s1. The minimum Gasteiger partial charge on any atom is -0.336 e. The molecule has 20 heavy (non-hydrogen) atoms. The molecule has 1 atom stereocenters. The zero-order valence-electron chi connectivity index (χ0n) is 11.7. The summed E-state index contributed by atoms with van der Waals surface area (Å²) in [7, 11) is 0. The van der Waals surface area contributed by atoms with Crippen LogP contribution in [0.5, 0.6) is 0 Å². The Morgan fingerprint density at radius 3 is 2.95 bits per heavy atom. The van der Waals surface area contributed by atoms with Gasteiger partial charge in [0, 0.05) is 22.8 Å². The summed E-state index contributed by atoms with van der Waals surface area (Å²) in [6, 6.07) is 2.25. The van der Waals surface area contributed by atoms with Crippen LogP contribution in [0.4, 0.5) is 0 Å². The van der Waals surface area contributed by atoms with Gasteiger partial charge >= 0.3 is 0 Å². The molecular formula is C14H18N4OS. The Hall–Kier alpha value is -1.69. The molecule has 0 bridgehead atoms. The van der Waals surface area contributed by atoms with E-state index >= 15 is 0 Å². The summed E-state index contributed by atoms with van der Waals surface area (Å²) in [6.45, 7) is 5.61. The van der Waals surface area contributed by atoms with E-state index in [-0.39, 0.29) is 11.9 Å². The molecule has 1 aliphatic rings. The van der Waals surface area contributed by atoms with Crippen LogP contribution < -0.4 is 0 Å². The number of hydrogen-bond acceptors (Lipinski definition) is 4. The van der Waals surface area contributed by atoms with Crippen molar-refractivity contribution in [1.29, 1.82) is 0 Å². The molecule has 1 fully saturated rings. The second-order valence-corrected chi connectivity index (χ2v) is 6.71. The molecule has 2 aromatic rings. The maximum absolute atomic E-state index is 12.6. The summed E-state index contributed by atoms with van der Waals surface area (Å²) in [5.74, 6) is 0.150. The van der Waals surface area contributed by atoms with Crippen LogP contribution in [0.25, 0.3) is 0 Å². The van der Waals surface area contributed by atoms with Gasteiger partial charge in [-0.3, -0.25) is 4.79 Å². The number of carbonyl (C=O) groups excluding carboxylic acids is 1. The number of nitrogens with zero attached hydrogens (tertiary/aromatic N) is 4. The smallest absolute Gasteiger partial charge is 0.255 e. The van der Waals surface area contributed by atoms with Gasteiger partial charge in [0.15, 0.2) is 0 Å². The number of aromatic nitrogens is 3. The highest BCUT2D eigenvalue weighted by Gasteiger charge is 2.27. The molecule has 0 aliphatic carbocycles. The highest BCUT2D eigenvalue weighted by atomic mass is 32.1. The van der Waals surface area contributed by atoms with E-state index in [0.717, 1.165) is 36.4 Å². The molecule has 1 aliphatic heterocycles. The predicted molar refractivity (Wildman–Crippen MR) is 78.0 cm³/mol. The summed E-state index contributed by atoms with van der Waals surface area (Å²) in [4.78, 5) is 20.9. The van der Waals surface area contributed by atoms with Gasteiger partial charge < -0.3 is 4.90 Å². The van der Waals surface area contributed by atoms with E-state index in [1.54, 1.807) is 24.0 Å². The van der Waals surface area contributed by atoms with Crippen LogP contribution in [0.15, 0.2) is 18.7 Å². The normalized spacial score (nSPS) is 19.3. The predicted octanol–water partition coefficient (Wildman–Crippen LogP) is 2.43. The van der Waals surface area contributed by atoms with Gasteiger partial charge in [-0.05, 0) is 32.8 Å². The average Bonchev–Trinajstić information content (AvgIpc) is 3.08. The van der Waals surface area contributed by atoms with Gasteiger partial charge in [-0.15, -0.1) is 11.3 Å². The van der Waals surface area contributed by atoms with Gasteiger partial charge in [0.2, 0.25) is 0 Å². The Bertz CT molecular complexity index is 605. The fourth-order valence-electron chi connectivity index (χ4n) is 2.77. The second kappa shape index (κ2) is 5.36. The lowest BCUT2D eigenvalue weighted by molar-refractivity contribution is 0.0672. The Kier molecular flexibility index (Phi) is 3.56. The van der Waals surface area contributed by atoms with E-state index in [1.807, 2.05) is 29.5 Å². The van der Waals surface area contributed by atoms with Crippen molar-refractivity contribution < 1.29 is 4.79 Å². The third kappa shape index (κ3) is 2.47. The van der Waals surface area contributed by atoms with Crippen molar-refractivity contribution in [3.05, 3.63) is 34.0 Å². The molecule has 0 spiro atoms. The minimum atomic E-state index is 0.150. The van der Waals surface area contributed by atoms with Gasteiger partial charge in [0.1, 0.15) is 12.7 Å². The quantitative estimate of drug-likeness (QED) is 0.853. The zero-order chi connectivity index (χ0) is 14.1. The number of piperidine rings is 1. The molecule has 0 radical (unpaired) electrons. The highest BCUT2D eigenvalue weighted by molar-refractivity contribution is 7.12. The van der Waals surface area contributed by atoms with Crippen molar-refractivity contribution in [2.24, 2.45) is 0 Å². The van der Waals surface area contributed by atoms with Gasteiger partial charge in [0.05, 0.1) is 11.6 Å². The number of carbonyl (C=O) groups is 1. The second-order valence-electron chi connectivity index (χ2n) is 5.25. The average molecular weight is 290 g/mol. The molecule has 5 nitrogen and oxygen atoms in total. The first-order chi connectivity index (χ1) is 9.65. The fourth-order valence-corrected chi connectivity index (χ4v) is 3.69. The number of rotatable bonds is 2. The number of amides is 1. The van der Waals surface area contributed by atoms with Crippen molar-refractivity contribution in [2.45, 2.75) is 32.7 Å². The maximum Gasteiger partial charge on any atom is 0.255 e. The first-order valence-electron chi connectivity index (χ1n) is 6.85. The lowest BCUT2D eigenvalue weighted by Crippen LogP contribution is -2.40. The summed E-state index contributed by atoms with van der Waals surface area (Å²) in [5.41, 5.74) is 0.853. The van der Waals surface area contributed by atoms with Crippen molar-refractivity contribution >= 4 is 17.2 Å². The van der Waals surface area contributed by atoms with Gasteiger partial charge in [0.25, 0.3) is 5.91 Å². The van der Waals surface area contributed by atoms with E-state index in [1.165, 1.54) is 4.88 Å². The molecule has 3 rings (SSSR count). The molecular weight excluding hydrogens is 272 g/mol. The van der Waals surface area contributed by atoms with Crippen LogP contribution in [-0.2, 0) is 0 Å². The first-order valence-corrected chi connectivity index (χ1v) is 7.67. The maximum atomic E-state index is 12.6. The van der Waals surface area contributed by atoms with Gasteiger partial charge in [-0.1, -0.05) is 0 Å². The van der Waals surface area contributed by atoms with E-state index in [4.69, 9.17) is 0 Å². The molecule has 106 valence electrons. The Balaban J connectivity index is 1.77. The summed E-state index contributed by atoms with van der Waals surface area (Å²) in [6.07, 6.45) is 5.35. The van der Waals surface area contributed by atoms with E-state index in [0.29, 0.717) is 0 Å². The monoisotopic (exact) mass is 290 g/mol. The Labute approximate surface area is 122 Å². The number of likely N-dealkylation sites (tertiary alicyclic amines) is 1. The zero-order valence-corrected chi connectivity index (χ0v) is 12.6. The van der Waals surface area contributed by atoms with Crippen LogP contribution in [0.1, 0.15) is 39.0 Å². The molecule has 2 aromatic heterocycles. The lowest BCUT2D eigenvalue weighted by atomic mass is 10.0. The number of thiophene rings is 1. The minimum absolute atomic E-state index is 0.150. The molecule has 1 amide bonds. The van der Waals surface area contributed by atoms with E-state index < -0.39 is 0 Å². The fraction of sp³-hybridized carbons (Fsp3) is 0.500. The number of hydrogen-bond donors (Lipinski definition) is 0. The Morgan fingerprint density at radius 2 is 2.30 bits per heavy atom. The molecule has 1 saturated heterocycles. The summed E-state index contributed by atoms with van der Waals surface area (Å²) < 4.78 is 1.87. The van der Waals surface area contributed by atoms with Crippen LogP contribution in [0.3, 0.4) is 0 Å². The van der Waals surface area contributed by atoms with Crippen LogP contribution in [-0.4, -0.2) is 38.7 Å². The molecule has 3 heterocycles. The molecule has 0 aromatic carbocycles. The van der Waals surface area contributed by atoms with E-state index in [9.17, 15) is 4.79 Å². The molecule has 0 N–H and O–H groups in total. The highest BCUT2D eigenvalue weighted by Crippen LogP contribution is 2.26.